The van der Waals surface area contributed by atoms with Crippen LogP contribution in [0.25, 0.3) is 0 Å². The van der Waals surface area contributed by atoms with Crippen LogP contribution in [0.15, 0.2) is 28.7 Å². The van der Waals surface area contributed by atoms with Gasteiger partial charge in [0.2, 0.25) is 0 Å². The van der Waals surface area contributed by atoms with E-state index < -0.39 is 16.5 Å². The number of fused-ring (bicyclic) bond motifs is 1. The number of benzene rings is 2. The van der Waals surface area contributed by atoms with Crippen LogP contribution < -0.4 is 4.74 Å². The van der Waals surface area contributed by atoms with E-state index in [2.05, 4.69) is 31.9 Å². The van der Waals surface area contributed by atoms with Gasteiger partial charge in [-0.3, -0.25) is 0 Å². The standard InChI is InChI=1S/C16H12Br2F2O/c1-8-2-3-12(19)13(15(8)20)14(18)11-7-10(17)6-9-4-5-21-16(9)11/h2-3,6-7,14H,4-5H2,1H3. The maximum atomic E-state index is 14.3. The molecule has 0 saturated carbocycles. The quantitative estimate of drug-likeness (QED) is 0.590. The summed E-state index contributed by atoms with van der Waals surface area (Å²) in [5, 5.41) is 0. The molecule has 3 rings (SSSR count). The van der Waals surface area contributed by atoms with Crippen molar-refractivity contribution in [3.63, 3.8) is 0 Å². The maximum Gasteiger partial charge on any atom is 0.133 e. The molecule has 1 aliphatic heterocycles. The van der Waals surface area contributed by atoms with Crippen LogP contribution in [-0.4, -0.2) is 6.61 Å². The average Bonchev–Trinajstić information content (AvgIpc) is 2.90. The van der Waals surface area contributed by atoms with E-state index in [0.29, 0.717) is 12.2 Å². The lowest BCUT2D eigenvalue weighted by Gasteiger charge is -2.17. The molecule has 0 N–H and O–H groups in total. The fourth-order valence-corrected chi connectivity index (χ4v) is 3.84. The largest absolute Gasteiger partial charge is 0.493 e. The van der Waals surface area contributed by atoms with Crippen molar-refractivity contribution >= 4 is 31.9 Å². The van der Waals surface area contributed by atoms with Crippen molar-refractivity contribution in [3.8, 4) is 5.75 Å². The maximum absolute atomic E-state index is 14.3. The molecule has 1 nitrogen and oxygen atoms in total. The Hall–Kier alpha value is -0.940. The van der Waals surface area contributed by atoms with Gasteiger partial charge >= 0.3 is 0 Å². The minimum atomic E-state index is -0.596. The highest BCUT2D eigenvalue weighted by Gasteiger charge is 2.27. The summed E-state index contributed by atoms with van der Waals surface area (Å²) in [7, 11) is 0. The van der Waals surface area contributed by atoms with Crippen molar-refractivity contribution in [3.05, 3.63) is 62.6 Å². The van der Waals surface area contributed by atoms with Gasteiger partial charge in [0.25, 0.3) is 0 Å². The van der Waals surface area contributed by atoms with E-state index in [-0.39, 0.29) is 5.56 Å². The van der Waals surface area contributed by atoms with Crippen LogP contribution in [0.4, 0.5) is 8.78 Å². The second-order valence-corrected chi connectivity index (χ2v) is 6.87. The number of ether oxygens (including phenoxy) is 1. The van der Waals surface area contributed by atoms with E-state index in [0.717, 1.165) is 27.8 Å². The number of hydrogen-bond donors (Lipinski definition) is 0. The lowest BCUT2D eigenvalue weighted by atomic mass is 9.98. The molecule has 0 saturated heterocycles. The normalized spacial score (nSPS) is 14.7. The number of hydrogen-bond acceptors (Lipinski definition) is 1. The van der Waals surface area contributed by atoms with E-state index in [4.69, 9.17) is 4.74 Å². The molecule has 0 bridgehead atoms. The van der Waals surface area contributed by atoms with Crippen molar-refractivity contribution < 1.29 is 13.5 Å². The van der Waals surface area contributed by atoms with Crippen molar-refractivity contribution in [2.45, 2.75) is 18.2 Å². The van der Waals surface area contributed by atoms with Crippen molar-refractivity contribution in [2.24, 2.45) is 0 Å². The summed E-state index contributed by atoms with van der Waals surface area (Å²) in [4.78, 5) is -0.596. The number of aryl methyl sites for hydroxylation is 1. The lowest BCUT2D eigenvalue weighted by Crippen LogP contribution is -2.04. The first-order valence-corrected chi connectivity index (χ1v) is 8.23. The first-order valence-electron chi connectivity index (χ1n) is 6.52. The Kier molecular flexibility index (Phi) is 4.06. The van der Waals surface area contributed by atoms with Crippen LogP contribution in [0.2, 0.25) is 0 Å². The molecule has 0 aliphatic carbocycles. The predicted molar refractivity (Wildman–Crippen MR) is 85.2 cm³/mol. The minimum Gasteiger partial charge on any atom is -0.493 e. The topological polar surface area (TPSA) is 9.23 Å². The van der Waals surface area contributed by atoms with Crippen molar-refractivity contribution in [1.29, 1.82) is 0 Å². The first kappa shape index (κ1) is 15.0. The van der Waals surface area contributed by atoms with E-state index >= 15 is 0 Å². The first-order chi connectivity index (χ1) is 9.99. The monoisotopic (exact) mass is 416 g/mol. The fraction of sp³-hybridized carbons (Fsp3) is 0.250. The van der Waals surface area contributed by atoms with Gasteiger partial charge in [-0.1, -0.05) is 37.9 Å². The van der Waals surface area contributed by atoms with Crippen LogP contribution in [0.1, 0.15) is 27.1 Å². The van der Waals surface area contributed by atoms with E-state index in [1.807, 2.05) is 12.1 Å². The average molecular weight is 418 g/mol. The Morgan fingerprint density at radius 2 is 2.00 bits per heavy atom. The second kappa shape index (κ2) is 5.69. The summed E-state index contributed by atoms with van der Waals surface area (Å²) < 4.78 is 34.9. The zero-order valence-electron chi connectivity index (χ0n) is 11.2. The SMILES string of the molecule is Cc1ccc(F)c(C(Br)c2cc(Br)cc3c2OCC3)c1F. The summed E-state index contributed by atoms with van der Waals surface area (Å²) in [5.41, 5.74) is 2.23. The van der Waals surface area contributed by atoms with Crippen molar-refractivity contribution in [2.75, 3.05) is 6.61 Å². The van der Waals surface area contributed by atoms with Gasteiger partial charge in [0.1, 0.15) is 17.4 Å². The summed E-state index contributed by atoms with van der Waals surface area (Å²) in [6.45, 7) is 2.22. The Bertz CT molecular complexity index is 716. The number of rotatable bonds is 2. The van der Waals surface area contributed by atoms with Gasteiger partial charge in [-0.05, 0) is 36.2 Å². The predicted octanol–water partition coefficient (Wildman–Crippen LogP) is 5.45. The molecule has 0 aromatic heterocycles. The lowest BCUT2D eigenvalue weighted by molar-refractivity contribution is 0.353. The molecular formula is C16H12Br2F2O. The molecule has 21 heavy (non-hydrogen) atoms. The molecule has 0 radical (unpaired) electrons. The van der Waals surface area contributed by atoms with E-state index in [1.165, 1.54) is 12.1 Å². The Balaban J connectivity index is 2.16. The Morgan fingerprint density at radius 1 is 1.24 bits per heavy atom. The molecule has 2 aromatic carbocycles. The molecule has 0 fully saturated rings. The summed E-state index contributed by atoms with van der Waals surface area (Å²) in [6, 6.07) is 6.55. The van der Waals surface area contributed by atoms with Crippen molar-refractivity contribution in [1.82, 2.24) is 0 Å². The molecule has 1 heterocycles. The third-order valence-corrected chi connectivity index (χ3v) is 5.03. The van der Waals surface area contributed by atoms with Crippen LogP contribution in [0.3, 0.4) is 0 Å². The van der Waals surface area contributed by atoms with Gasteiger partial charge in [-0.25, -0.2) is 8.78 Å². The molecule has 110 valence electrons. The van der Waals surface area contributed by atoms with Gasteiger partial charge < -0.3 is 4.74 Å². The van der Waals surface area contributed by atoms with Gasteiger partial charge in [0.05, 0.1) is 11.4 Å². The third kappa shape index (κ3) is 2.61. The highest BCUT2D eigenvalue weighted by Crippen LogP contribution is 2.44. The zero-order valence-corrected chi connectivity index (χ0v) is 14.4. The summed E-state index contributed by atoms with van der Waals surface area (Å²) >= 11 is 6.88. The molecule has 5 heteroatoms. The van der Waals surface area contributed by atoms with Gasteiger partial charge in [-0.15, -0.1) is 0 Å². The molecule has 0 spiro atoms. The van der Waals surface area contributed by atoms with Gasteiger partial charge in [0.15, 0.2) is 0 Å². The Morgan fingerprint density at radius 3 is 2.76 bits per heavy atom. The number of alkyl halides is 1. The van der Waals surface area contributed by atoms with Crippen LogP contribution in [0, 0.1) is 18.6 Å². The molecule has 1 aliphatic rings. The zero-order chi connectivity index (χ0) is 15.1. The number of halogens is 4. The summed E-state index contributed by atoms with van der Waals surface area (Å²) in [5.74, 6) is -0.365. The van der Waals surface area contributed by atoms with Crippen LogP contribution >= 0.6 is 31.9 Å². The van der Waals surface area contributed by atoms with Crippen LogP contribution in [-0.2, 0) is 6.42 Å². The third-order valence-electron chi connectivity index (χ3n) is 3.62. The molecule has 1 atom stereocenters. The highest BCUT2D eigenvalue weighted by molar-refractivity contribution is 9.10. The molecular weight excluding hydrogens is 406 g/mol. The molecule has 1 unspecified atom stereocenters. The second-order valence-electron chi connectivity index (χ2n) is 5.04. The molecule has 0 amide bonds. The van der Waals surface area contributed by atoms with E-state index in [1.54, 1.807) is 6.92 Å². The van der Waals surface area contributed by atoms with Gasteiger partial charge in [0, 0.05) is 22.0 Å². The smallest absolute Gasteiger partial charge is 0.133 e. The minimum absolute atomic E-state index is 0.0193. The summed E-state index contributed by atoms with van der Waals surface area (Å²) in [6.07, 6.45) is 0.806. The highest BCUT2D eigenvalue weighted by atomic mass is 79.9. The van der Waals surface area contributed by atoms with Gasteiger partial charge in [-0.2, -0.15) is 0 Å². The Labute approximate surface area is 138 Å². The van der Waals surface area contributed by atoms with E-state index in [9.17, 15) is 8.78 Å². The van der Waals surface area contributed by atoms with Crippen LogP contribution in [0.5, 0.6) is 5.75 Å². The fourth-order valence-electron chi connectivity index (χ4n) is 2.55. The molecule has 2 aromatic rings.